The number of hydrogen-bond donors (Lipinski definition) is 0. The Labute approximate surface area is 152 Å². The molecule has 0 saturated heterocycles. The molecule has 6 heteroatoms. The second-order valence-corrected chi connectivity index (χ2v) is 11.4. The average Bonchev–Trinajstić information content (AvgIpc) is 3.25. The predicted molar refractivity (Wildman–Crippen MR) is 95.6 cm³/mol. The maximum absolute atomic E-state index is 12.9. The van der Waals surface area contributed by atoms with E-state index in [2.05, 4.69) is 38.1 Å². The van der Waals surface area contributed by atoms with Gasteiger partial charge in [0.1, 0.15) is 0 Å². The molecule has 4 nitrogen and oxygen atoms in total. The molecule has 0 bridgehead atoms. The summed E-state index contributed by atoms with van der Waals surface area (Å²) in [6.07, 6.45) is 0. The van der Waals surface area contributed by atoms with Crippen molar-refractivity contribution in [1.82, 2.24) is 9.80 Å². The maximum atomic E-state index is 12.9. The first kappa shape index (κ1) is 15.9. The molecule has 24 heavy (non-hydrogen) atoms. The first-order chi connectivity index (χ1) is 11.4. The van der Waals surface area contributed by atoms with Crippen molar-refractivity contribution in [2.45, 2.75) is 13.8 Å². The molecule has 2 aromatic rings. The van der Waals surface area contributed by atoms with Crippen LogP contribution in [0.5, 0.6) is 0 Å². The van der Waals surface area contributed by atoms with E-state index < -0.39 is 0 Å². The third kappa shape index (κ3) is 2.11. The molecule has 2 aliphatic rings. The van der Waals surface area contributed by atoms with Gasteiger partial charge in [-0.15, -0.1) is 0 Å². The molecule has 0 aliphatic carbocycles. The molecule has 0 fully saturated rings. The van der Waals surface area contributed by atoms with E-state index in [1.807, 2.05) is 0 Å². The number of fused-ring (bicyclic) bond motifs is 1. The SMILES string of the molecule is Cc1ccc(C2=C3C(=O)N(C)C(c4ccc(C)[se]4)=C3C(=O)N2C)[se]1. The molecule has 2 amide bonds. The van der Waals surface area contributed by atoms with Crippen molar-refractivity contribution in [2.24, 2.45) is 0 Å². The van der Waals surface area contributed by atoms with Crippen LogP contribution in [0.15, 0.2) is 35.4 Å². The molecule has 0 aromatic carbocycles. The Bertz CT molecular complexity index is 883. The summed E-state index contributed by atoms with van der Waals surface area (Å²) in [7, 11) is 3.56. The van der Waals surface area contributed by atoms with Crippen molar-refractivity contribution in [3.05, 3.63) is 53.2 Å². The molecule has 0 saturated carbocycles. The normalized spacial score (nSPS) is 17.7. The van der Waals surface area contributed by atoms with E-state index >= 15 is 0 Å². The minimum atomic E-state index is -0.0600. The Hall–Kier alpha value is -1.58. The van der Waals surface area contributed by atoms with Crippen molar-refractivity contribution in [3.8, 4) is 0 Å². The number of likely N-dealkylation sites (N-methyl/N-ethyl adjacent to an activating group) is 2. The molecule has 0 atom stereocenters. The number of aryl methyl sites for hydroxylation is 2. The van der Waals surface area contributed by atoms with E-state index in [0.717, 1.165) is 20.3 Å². The summed E-state index contributed by atoms with van der Waals surface area (Å²) in [5, 5.41) is 0. The fraction of sp³-hybridized carbons (Fsp3) is 0.222. The van der Waals surface area contributed by atoms with Crippen molar-refractivity contribution < 1.29 is 9.59 Å². The van der Waals surface area contributed by atoms with Crippen LogP contribution >= 0.6 is 0 Å². The number of rotatable bonds is 2. The summed E-state index contributed by atoms with van der Waals surface area (Å²) in [4.78, 5) is 29.2. The molecule has 2 aromatic heterocycles. The quantitative estimate of drug-likeness (QED) is 0.651. The molecule has 2 aliphatic heterocycles. The van der Waals surface area contributed by atoms with E-state index in [4.69, 9.17) is 0 Å². The third-order valence-corrected chi connectivity index (χ3v) is 8.61. The fourth-order valence-corrected chi connectivity index (χ4v) is 7.23. The predicted octanol–water partition coefficient (Wildman–Crippen LogP) is 1.48. The monoisotopic (exact) mass is 452 g/mol. The number of carbonyl (C=O) groups is 2. The number of hydrogen-bond acceptors (Lipinski definition) is 2. The van der Waals surface area contributed by atoms with Gasteiger partial charge in [-0.1, -0.05) is 0 Å². The molecule has 122 valence electrons. The summed E-state index contributed by atoms with van der Waals surface area (Å²) >= 11 is 0.366. The zero-order chi connectivity index (χ0) is 17.2. The van der Waals surface area contributed by atoms with Crippen LogP contribution in [0.2, 0.25) is 0 Å². The van der Waals surface area contributed by atoms with Crippen molar-refractivity contribution in [3.63, 3.8) is 0 Å². The van der Waals surface area contributed by atoms with Crippen molar-refractivity contribution in [2.75, 3.05) is 14.1 Å². The van der Waals surface area contributed by atoms with Crippen LogP contribution in [0, 0.1) is 13.8 Å². The topological polar surface area (TPSA) is 40.6 Å². The van der Waals surface area contributed by atoms with Crippen LogP contribution in [-0.4, -0.2) is 64.7 Å². The van der Waals surface area contributed by atoms with Gasteiger partial charge in [-0.2, -0.15) is 0 Å². The zero-order valence-electron chi connectivity index (χ0n) is 13.8. The summed E-state index contributed by atoms with van der Waals surface area (Å²) in [6, 6.07) is 8.28. The Kier molecular flexibility index (Phi) is 3.63. The second-order valence-electron chi connectivity index (χ2n) is 6.00. The van der Waals surface area contributed by atoms with Crippen LogP contribution in [-0.2, 0) is 9.59 Å². The average molecular weight is 450 g/mol. The number of nitrogens with zero attached hydrogens (tertiary/aromatic N) is 2. The summed E-state index contributed by atoms with van der Waals surface area (Å²) in [5.41, 5.74) is 2.81. The van der Waals surface area contributed by atoms with Crippen molar-refractivity contribution >= 4 is 52.2 Å². The number of carbonyl (C=O) groups excluding carboxylic acids is 2. The van der Waals surface area contributed by atoms with E-state index in [1.54, 1.807) is 23.9 Å². The summed E-state index contributed by atoms with van der Waals surface area (Å²) in [6.45, 7) is 4.19. The van der Waals surface area contributed by atoms with Gasteiger partial charge in [0, 0.05) is 0 Å². The fourth-order valence-electron chi connectivity index (χ4n) is 3.23. The van der Waals surface area contributed by atoms with Gasteiger partial charge in [0.05, 0.1) is 0 Å². The van der Waals surface area contributed by atoms with Crippen molar-refractivity contribution in [1.29, 1.82) is 0 Å². The van der Waals surface area contributed by atoms with Crippen LogP contribution < -0.4 is 0 Å². The van der Waals surface area contributed by atoms with E-state index in [9.17, 15) is 9.59 Å². The molecule has 4 rings (SSSR count). The molecule has 0 N–H and O–H groups in total. The van der Waals surface area contributed by atoms with Gasteiger partial charge in [-0.05, 0) is 0 Å². The van der Waals surface area contributed by atoms with Gasteiger partial charge in [0.2, 0.25) is 0 Å². The molecule has 0 radical (unpaired) electrons. The van der Waals surface area contributed by atoms with Gasteiger partial charge in [-0.25, -0.2) is 0 Å². The molecular weight excluding hydrogens is 434 g/mol. The zero-order valence-corrected chi connectivity index (χ0v) is 17.3. The first-order valence-electron chi connectivity index (χ1n) is 7.58. The first-order valence-corrected chi connectivity index (χ1v) is 11.0. The van der Waals surface area contributed by atoms with E-state index in [0.29, 0.717) is 11.1 Å². The van der Waals surface area contributed by atoms with Gasteiger partial charge < -0.3 is 0 Å². The third-order valence-electron chi connectivity index (χ3n) is 4.38. The molecule has 0 unspecified atom stereocenters. The Morgan fingerprint density at radius 3 is 1.38 bits per heavy atom. The number of amides is 2. The Morgan fingerprint density at radius 2 is 1.08 bits per heavy atom. The standard InChI is InChI=1S/C18H16N2O2Se2/c1-9-5-7-11(23-9)15-13-14(18(22)19(15)3)16(20(4)17(13)21)12-8-6-10(2)24-12/h5-8H,1-4H3. The summed E-state index contributed by atoms with van der Waals surface area (Å²) < 4.78 is 4.85. The van der Waals surface area contributed by atoms with Gasteiger partial charge >= 0.3 is 153 Å². The molecule has 4 heterocycles. The molecular formula is C18H16N2O2Se2. The van der Waals surface area contributed by atoms with E-state index in [1.165, 1.54) is 8.87 Å². The van der Waals surface area contributed by atoms with Crippen LogP contribution in [0.1, 0.15) is 17.7 Å². The minimum absolute atomic E-state index is 0.0600. The van der Waals surface area contributed by atoms with Crippen LogP contribution in [0.25, 0.3) is 11.4 Å². The van der Waals surface area contributed by atoms with Crippen LogP contribution in [0.4, 0.5) is 0 Å². The Balaban J connectivity index is 2.00. The van der Waals surface area contributed by atoms with Crippen LogP contribution in [0.3, 0.4) is 0 Å². The van der Waals surface area contributed by atoms with Gasteiger partial charge in [-0.3, -0.25) is 0 Å². The van der Waals surface area contributed by atoms with Gasteiger partial charge in [0.15, 0.2) is 0 Å². The summed E-state index contributed by atoms with van der Waals surface area (Å²) in [5.74, 6) is -0.120. The second kappa shape index (κ2) is 5.47. The molecule has 0 spiro atoms. The van der Waals surface area contributed by atoms with Gasteiger partial charge in [0.25, 0.3) is 0 Å². The Morgan fingerprint density at radius 1 is 0.708 bits per heavy atom. The van der Waals surface area contributed by atoms with E-state index in [-0.39, 0.29) is 40.8 Å².